The first-order valence-electron chi connectivity index (χ1n) is 14.2. The maximum absolute atomic E-state index is 14.6. The molecule has 45 heavy (non-hydrogen) atoms. The minimum absolute atomic E-state index is 0.0521. The summed E-state index contributed by atoms with van der Waals surface area (Å²) in [6, 6.07) is 2.07. The number of aromatic nitrogens is 6. The highest BCUT2D eigenvalue weighted by Crippen LogP contribution is 2.34. The zero-order valence-corrected chi connectivity index (χ0v) is 25.7. The molecule has 0 spiro atoms. The predicted octanol–water partition coefficient (Wildman–Crippen LogP) is 4.95. The summed E-state index contributed by atoms with van der Waals surface area (Å²) in [4.78, 5) is 40.2. The standard InChI is InChI=1S/C23H23F2N7O2S.C4H6O3.C2H6O/c1-34-13-31-10-14(9-26-31)23-28-18(12-35-23)22(33)27-17-11-32(15-5-3-2-4-6-15)30-21(17)20-16(24)7-8-19(25)29-20;5-3-1-2-4(6)7;1-2-3/h7-12,15H,2-6,13H2,1H3,(H,27,33);3H,1-2H2,(H,6,7);3H,2H2,1H3. The van der Waals surface area contributed by atoms with Crippen LogP contribution in [-0.4, -0.2) is 71.6 Å². The van der Waals surface area contributed by atoms with Crippen molar-refractivity contribution < 1.29 is 38.1 Å². The van der Waals surface area contributed by atoms with Gasteiger partial charge in [0, 0.05) is 43.5 Å². The number of carbonyl (C=O) groups is 3. The Balaban J connectivity index is 0.000000482. The molecule has 4 heterocycles. The van der Waals surface area contributed by atoms with Gasteiger partial charge in [0.05, 0.1) is 24.3 Å². The molecule has 0 saturated heterocycles. The topological polar surface area (TPSA) is 174 Å². The second kappa shape index (κ2) is 17.8. The van der Waals surface area contributed by atoms with Crippen molar-refractivity contribution in [2.75, 3.05) is 19.0 Å². The molecule has 242 valence electrons. The highest BCUT2D eigenvalue weighted by molar-refractivity contribution is 7.13. The third kappa shape index (κ3) is 10.3. The van der Waals surface area contributed by atoms with E-state index >= 15 is 0 Å². The molecule has 4 aromatic heterocycles. The van der Waals surface area contributed by atoms with Gasteiger partial charge in [0.1, 0.15) is 35.1 Å². The summed E-state index contributed by atoms with van der Waals surface area (Å²) in [5.41, 5.74) is 1.02. The minimum Gasteiger partial charge on any atom is -0.481 e. The van der Waals surface area contributed by atoms with E-state index in [2.05, 4.69) is 25.5 Å². The fourth-order valence-corrected chi connectivity index (χ4v) is 5.11. The number of hydrogen-bond acceptors (Lipinski definition) is 10. The lowest BCUT2D eigenvalue weighted by Crippen LogP contribution is -2.14. The van der Waals surface area contributed by atoms with Crippen LogP contribution in [0.2, 0.25) is 0 Å². The van der Waals surface area contributed by atoms with Gasteiger partial charge in [-0.1, -0.05) is 19.3 Å². The first kappa shape index (κ1) is 35.1. The second-order valence-corrected chi connectivity index (χ2v) is 10.6. The van der Waals surface area contributed by atoms with Gasteiger partial charge < -0.3 is 25.1 Å². The molecule has 0 atom stereocenters. The lowest BCUT2D eigenvalue weighted by molar-refractivity contribution is -0.137. The van der Waals surface area contributed by atoms with E-state index < -0.39 is 23.6 Å². The first-order valence-corrected chi connectivity index (χ1v) is 15.0. The molecule has 0 unspecified atom stereocenters. The Morgan fingerprint density at radius 1 is 1.16 bits per heavy atom. The number of carboxylic acid groups (broad SMARTS) is 1. The van der Waals surface area contributed by atoms with Gasteiger partial charge in [-0.2, -0.15) is 14.6 Å². The molecule has 0 bridgehead atoms. The molecule has 16 heteroatoms. The molecule has 1 aliphatic rings. The Bertz CT molecular complexity index is 1550. The summed E-state index contributed by atoms with van der Waals surface area (Å²) in [5, 5.41) is 29.2. The molecule has 3 N–H and O–H groups in total. The van der Waals surface area contributed by atoms with Crippen molar-refractivity contribution in [1.82, 2.24) is 29.5 Å². The molecule has 0 aromatic carbocycles. The third-order valence-corrected chi connectivity index (χ3v) is 7.21. The summed E-state index contributed by atoms with van der Waals surface area (Å²) in [6.45, 7) is 2.23. The highest BCUT2D eigenvalue weighted by atomic mass is 32.1. The van der Waals surface area contributed by atoms with Crippen LogP contribution in [0.25, 0.3) is 22.0 Å². The van der Waals surface area contributed by atoms with Gasteiger partial charge in [-0.25, -0.2) is 19.0 Å². The van der Waals surface area contributed by atoms with Crippen LogP contribution in [0.1, 0.15) is 68.4 Å². The van der Waals surface area contributed by atoms with Crippen molar-refractivity contribution >= 4 is 35.2 Å². The number of pyridine rings is 1. The number of methoxy groups -OCH3 is 1. The highest BCUT2D eigenvalue weighted by Gasteiger charge is 2.24. The largest absolute Gasteiger partial charge is 0.481 e. The van der Waals surface area contributed by atoms with Gasteiger partial charge >= 0.3 is 5.97 Å². The Labute approximate surface area is 261 Å². The van der Waals surface area contributed by atoms with Gasteiger partial charge in [0.2, 0.25) is 5.95 Å². The van der Waals surface area contributed by atoms with Crippen LogP contribution >= 0.6 is 11.3 Å². The van der Waals surface area contributed by atoms with Crippen LogP contribution in [0.4, 0.5) is 14.5 Å². The lowest BCUT2D eigenvalue weighted by atomic mass is 9.96. The zero-order chi connectivity index (χ0) is 32.8. The van der Waals surface area contributed by atoms with Crippen LogP contribution < -0.4 is 5.32 Å². The third-order valence-electron chi connectivity index (χ3n) is 6.32. The van der Waals surface area contributed by atoms with Gasteiger partial charge in [0.25, 0.3) is 5.91 Å². The molecule has 13 nitrogen and oxygen atoms in total. The fourth-order valence-electron chi connectivity index (χ4n) is 4.33. The molecule has 1 fully saturated rings. The van der Waals surface area contributed by atoms with E-state index in [9.17, 15) is 23.2 Å². The summed E-state index contributed by atoms with van der Waals surface area (Å²) < 4.78 is 36.8. The van der Waals surface area contributed by atoms with Crippen LogP contribution in [0.3, 0.4) is 0 Å². The smallest absolute Gasteiger partial charge is 0.303 e. The Hall–Kier alpha value is -4.41. The quantitative estimate of drug-likeness (QED) is 0.158. The number of nitrogens with one attached hydrogen (secondary N) is 1. The van der Waals surface area contributed by atoms with E-state index in [1.165, 1.54) is 11.3 Å². The van der Waals surface area contributed by atoms with E-state index in [0.717, 1.165) is 49.8 Å². The van der Waals surface area contributed by atoms with E-state index in [1.54, 1.807) is 47.4 Å². The maximum atomic E-state index is 14.6. The number of aliphatic hydroxyl groups is 1. The van der Waals surface area contributed by atoms with E-state index in [4.69, 9.17) is 14.9 Å². The van der Waals surface area contributed by atoms with Crippen LogP contribution in [-0.2, 0) is 21.1 Å². The van der Waals surface area contributed by atoms with Gasteiger partial charge in [-0.05, 0) is 31.9 Å². The Kier molecular flexibility index (Phi) is 13.9. The SMILES string of the molecule is CCO.COCn1cc(-c2nc(C(=O)Nc3cn(C4CCCCC4)nc3-c3nc(F)ccc3F)cs2)cn1.O=CCCC(=O)O. The summed E-state index contributed by atoms with van der Waals surface area (Å²) >= 11 is 1.30. The average Bonchev–Trinajstić information content (AvgIpc) is 3.79. The molecule has 1 aliphatic carbocycles. The number of anilines is 1. The van der Waals surface area contributed by atoms with E-state index in [0.29, 0.717) is 18.0 Å². The van der Waals surface area contributed by atoms with Crippen molar-refractivity contribution in [2.24, 2.45) is 0 Å². The molecule has 5 rings (SSSR count). The maximum Gasteiger partial charge on any atom is 0.303 e. The Morgan fingerprint density at radius 3 is 2.53 bits per heavy atom. The number of carboxylic acids is 1. The fraction of sp³-hybridized carbons (Fsp3) is 0.414. The number of hydrogen-bond donors (Lipinski definition) is 3. The number of aliphatic hydroxyl groups excluding tert-OH is 1. The molecule has 0 radical (unpaired) electrons. The number of nitrogens with zero attached hydrogens (tertiary/aromatic N) is 6. The normalized spacial score (nSPS) is 12.8. The molecular weight excluding hydrogens is 612 g/mol. The van der Waals surface area contributed by atoms with Gasteiger partial charge in [-0.15, -0.1) is 11.3 Å². The molecule has 1 amide bonds. The van der Waals surface area contributed by atoms with Crippen molar-refractivity contribution in [3.05, 3.63) is 53.6 Å². The number of aldehydes is 1. The second-order valence-electron chi connectivity index (χ2n) is 9.72. The Morgan fingerprint density at radius 2 is 1.89 bits per heavy atom. The van der Waals surface area contributed by atoms with Crippen LogP contribution in [0, 0.1) is 11.8 Å². The van der Waals surface area contributed by atoms with Crippen LogP contribution in [0.15, 0.2) is 36.1 Å². The number of amides is 1. The predicted molar refractivity (Wildman–Crippen MR) is 161 cm³/mol. The molecule has 4 aromatic rings. The number of rotatable bonds is 10. The number of ether oxygens (including phenoxy) is 1. The summed E-state index contributed by atoms with van der Waals surface area (Å²) in [6.07, 6.45) is 10.9. The van der Waals surface area contributed by atoms with E-state index in [-0.39, 0.29) is 48.3 Å². The minimum atomic E-state index is -0.924. The van der Waals surface area contributed by atoms with E-state index in [1.807, 2.05) is 0 Å². The van der Waals surface area contributed by atoms with Crippen molar-refractivity contribution in [3.8, 4) is 22.0 Å². The average molecular weight is 648 g/mol. The zero-order valence-electron chi connectivity index (χ0n) is 24.9. The number of thiazole rings is 1. The van der Waals surface area contributed by atoms with Gasteiger partial charge in [0.15, 0.2) is 5.82 Å². The molecule has 1 saturated carbocycles. The van der Waals surface area contributed by atoms with Crippen molar-refractivity contribution in [1.29, 1.82) is 0 Å². The van der Waals surface area contributed by atoms with Crippen molar-refractivity contribution in [2.45, 2.75) is 64.6 Å². The molecule has 0 aliphatic heterocycles. The number of aliphatic carboxylic acids is 1. The van der Waals surface area contributed by atoms with Gasteiger partial charge in [-0.3, -0.25) is 14.3 Å². The lowest BCUT2D eigenvalue weighted by Gasteiger charge is -2.21. The summed E-state index contributed by atoms with van der Waals surface area (Å²) in [5.74, 6) is -2.96. The van der Waals surface area contributed by atoms with Crippen molar-refractivity contribution in [3.63, 3.8) is 0 Å². The summed E-state index contributed by atoms with van der Waals surface area (Å²) in [7, 11) is 1.57. The first-order chi connectivity index (χ1) is 21.7. The number of halogens is 2. The van der Waals surface area contributed by atoms with Crippen LogP contribution in [0.5, 0.6) is 0 Å². The monoisotopic (exact) mass is 647 g/mol. The number of carbonyl (C=O) groups excluding carboxylic acids is 2. The molecular formula is C29H35F2N7O6S.